The number of nitrogens with zero attached hydrogens (tertiary/aromatic N) is 2. The number of rotatable bonds is 10. The van der Waals surface area contributed by atoms with Crippen molar-refractivity contribution >= 4 is 35.6 Å². The van der Waals surface area contributed by atoms with Crippen molar-refractivity contribution in [3.8, 4) is 0 Å². The second-order valence-electron chi connectivity index (χ2n) is 6.58. The van der Waals surface area contributed by atoms with Crippen molar-refractivity contribution in [1.29, 1.82) is 0 Å². The van der Waals surface area contributed by atoms with E-state index < -0.39 is 4.92 Å². The monoisotopic (exact) mass is 512 g/mol. The lowest BCUT2D eigenvalue weighted by Gasteiger charge is -2.18. The molecule has 0 spiro atoms. The van der Waals surface area contributed by atoms with Crippen LogP contribution in [0.1, 0.15) is 24.5 Å². The molecule has 0 bridgehead atoms. The largest absolute Gasteiger partial charge is 0.383 e. The summed E-state index contributed by atoms with van der Waals surface area (Å²) in [7, 11) is 1.66. The highest BCUT2D eigenvalue weighted by atomic mass is 127. The number of hydrogen-bond donors (Lipinski definition) is 2. The number of aliphatic imine (C=N–C) groups is 1. The fraction of sp³-hybridized carbons (Fsp3) is 0.381. The van der Waals surface area contributed by atoms with E-state index in [1.807, 2.05) is 6.07 Å². The summed E-state index contributed by atoms with van der Waals surface area (Å²) in [5, 5.41) is 17.4. The quantitative estimate of drug-likeness (QED) is 0.126. The fourth-order valence-electron chi connectivity index (χ4n) is 2.65. The third-order valence-electron chi connectivity index (χ3n) is 4.26. The van der Waals surface area contributed by atoms with E-state index in [1.54, 1.807) is 19.2 Å². The Morgan fingerprint density at radius 1 is 1.14 bits per heavy atom. The van der Waals surface area contributed by atoms with E-state index in [0.717, 1.165) is 18.4 Å². The molecule has 2 rings (SSSR count). The van der Waals surface area contributed by atoms with Gasteiger partial charge in [-0.1, -0.05) is 42.5 Å². The number of ether oxygens (including phenoxy) is 1. The van der Waals surface area contributed by atoms with Crippen LogP contribution in [0.5, 0.6) is 0 Å². The first-order valence-corrected chi connectivity index (χ1v) is 9.39. The maximum absolute atomic E-state index is 10.8. The average molecular weight is 512 g/mol. The summed E-state index contributed by atoms with van der Waals surface area (Å²) in [6.45, 7) is 3.79. The van der Waals surface area contributed by atoms with E-state index in [0.29, 0.717) is 25.7 Å². The normalized spacial score (nSPS) is 12.0. The molecule has 0 fully saturated rings. The molecule has 8 heteroatoms. The first-order chi connectivity index (χ1) is 13.6. The highest BCUT2D eigenvalue weighted by Crippen LogP contribution is 2.12. The van der Waals surface area contributed by atoms with Gasteiger partial charge in [0.2, 0.25) is 0 Å². The summed E-state index contributed by atoms with van der Waals surface area (Å²) in [5.41, 5.74) is 2.31. The molecular formula is C21H29IN4O3. The second-order valence-corrected chi connectivity index (χ2v) is 6.58. The van der Waals surface area contributed by atoms with Gasteiger partial charge >= 0.3 is 0 Å². The van der Waals surface area contributed by atoms with Gasteiger partial charge in [-0.3, -0.25) is 10.1 Å². The summed E-state index contributed by atoms with van der Waals surface area (Å²) >= 11 is 0. The predicted octanol–water partition coefficient (Wildman–Crippen LogP) is 3.92. The van der Waals surface area contributed by atoms with E-state index in [1.165, 1.54) is 17.7 Å². The van der Waals surface area contributed by atoms with Gasteiger partial charge in [0.15, 0.2) is 5.96 Å². The number of non-ortho nitro benzene ring substituents is 1. The van der Waals surface area contributed by atoms with E-state index in [9.17, 15) is 10.1 Å². The smallest absolute Gasteiger partial charge is 0.269 e. The van der Waals surface area contributed by atoms with Crippen LogP contribution in [0.15, 0.2) is 59.6 Å². The van der Waals surface area contributed by atoms with Crippen molar-refractivity contribution in [3.05, 3.63) is 75.8 Å². The van der Waals surface area contributed by atoms with Gasteiger partial charge in [0.1, 0.15) is 0 Å². The lowest BCUT2D eigenvalue weighted by Crippen LogP contribution is -2.43. The molecule has 2 N–H and O–H groups in total. The van der Waals surface area contributed by atoms with Crippen LogP contribution in [-0.2, 0) is 17.7 Å². The molecule has 2 aromatic carbocycles. The molecule has 0 aliphatic heterocycles. The minimum absolute atomic E-state index is 0. The zero-order valence-corrected chi connectivity index (χ0v) is 19.2. The Morgan fingerprint density at radius 2 is 1.83 bits per heavy atom. The predicted molar refractivity (Wildman–Crippen MR) is 127 cm³/mol. The highest BCUT2D eigenvalue weighted by Gasteiger charge is 2.07. The topological polar surface area (TPSA) is 88.8 Å². The van der Waals surface area contributed by atoms with Gasteiger partial charge in [0.25, 0.3) is 5.69 Å². The van der Waals surface area contributed by atoms with Gasteiger partial charge in [-0.25, -0.2) is 4.99 Å². The molecule has 0 heterocycles. The van der Waals surface area contributed by atoms with Crippen molar-refractivity contribution in [1.82, 2.24) is 10.6 Å². The number of halogens is 1. The highest BCUT2D eigenvalue weighted by molar-refractivity contribution is 14.0. The minimum Gasteiger partial charge on any atom is -0.383 e. The van der Waals surface area contributed by atoms with Crippen LogP contribution in [0.3, 0.4) is 0 Å². The minimum atomic E-state index is -0.402. The van der Waals surface area contributed by atoms with Gasteiger partial charge in [0.05, 0.1) is 18.1 Å². The van der Waals surface area contributed by atoms with Crippen molar-refractivity contribution in [2.24, 2.45) is 4.99 Å². The average Bonchev–Trinajstić information content (AvgIpc) is 2.71. The molecule has 0 saturated carbocycles. The van der Waals surface area contributed by atoms with Gasteiger partial charge < -0.3 is 15.4 Å². The van der Waals surface area contributed by atoms with Crippen LogP contribution >= 0.6 is 24.0 Å². The van der Waals surface area contributed by atoms with Crippen LogP contribution in [-0.4, -0.2) is 37.2 Å². The zero-order chi connectivity index (χ0) is 20.2. The van der Waals surface area contributed by atoms with E-state index >= 15 is 0 Å². The summed E-state index contributed by atoms with van der Waals surface area (Å²) in [5.74, 6) is 0.705. The number of nitrogens with one attached hydrogen (secondary N) is 2. The van der Waals surface area contributed by atoms with Crippen LogP contribution in [0, 0.1) is 10.1 Å². The Labute approximate surface area is 189 Å². The molecule has 7 nitrogen and oxygen atoms in total. The lowest BCUT2D eigenvalue weighted by molar-refractivity contribution is -0.384. The second kappa shape index (κ2) is 13.9. The Kier molecular flexibility index (Phi) is 11.9. The molecule has 0 amide bonds. The van der Waals surface area contributed by atoms with Crippen molar-refractivity contribution in [2.75, 3.05) is 20.3 Å². The number of methoxy groups -OCH3 is 1. The van der Waals surface area contributed by atoms with E-state index in [2.05, 4.69) is 46.8 Å². The maximum atomic E-state index is 10.8. The van der Waals surface area contributed by atoms with Crippen LogP contribution in [0.2, 0.25) is 0 Å². The Balaban J connectivity index is 0.00000420. The van der Waals surface area contributed by atoms with Crippen molar-refractivity contribution < 1.29 is 9.66 Å². The molecule has 1 unspecified atom stereocenters. The summed E-state index contributed by atoms with van der Waals surface area (Å²) in [6.07, 6.45) is 1.97. The number of aryl methyl sites for hydroxylation is 1. The van der Waals surface area contributed by atoms with Crippen molar-refractivity contribution in [3.63, 3.8) is 0 Å². The zero-order valence-electron chi connectivity index (χ0n) is 16.8. The van der Waals surface area contributed by atoms with Gasteiger partial charge in [-0.15, -0.1) is 24.0 Å². The van der Waals surface area contributed by atoms with E-state index in [4.69, 9.17) is 4.74 Å². The fourth-order valence-corrected chi connectivity index (χ4v) is 2.65. The standard InChI is InChI=1S/C21H28N4O3.HI/c1-17(8-9-18-6-4-3-5-7-18)24-21(22-14-15-28-2)23-16-19-10-12-20(13-11-19)25(26)27;/h3-7,10-13,17H,8-9,14-16H2,1-2H3,(H2,22,23,24);1H. The van der Waals surface area contributed by atoms with Crippen molar-refractivity contribution in [2.45, 2.75) is 32.4 Å². The number of nitro groups is 1. The SMILES string of the molecule is COCCNC(=NCc1ccc([N+](=O)[O-])cc1)NC(C)CCc1ccccc1.I. The molecule has 29 heavy (non-hydrogen) atoms. The molecular weight excluding hydrogens is 483 g/mol. The molecule has 0 aliphatic rings. The molecule has 0 saturated heterocycles. The number of nitro benzene ring substituents is 1. The van der Waals surface area contributed by atoms with Crippen LogP contribution < -0.4 is 10.6 Å². The first kappa shape index (κ1) is 24.8. The molecule has 0 radical (unpaired) electrons. The third kappa shape index (κ3) is 9.71. The number of hydrogen-bond acceptors (Lipinski definition) is 4. The Morgan fingerprint density at radius 3 is 2.45 bits per heavy atom. The molecule has 2 aromatic rings. The molecule has 158 valence electrons. The maximum Gasteiger partial charge on any atom is 0.269 e. The Bertz CT molecular complexity index is 754. The number of benzene rings is 2. The van der Waals surface area contributed by atoms with Crippen LogP contribution in [0.25, 0.3) is 0 Å². The summed E-state index contributed by atoms with van der Waals surface area (Å²) in [4.78, 5) is 15.0. The van der Waals surface area contributed by atoms with Gasteiger partial charge in [0, 0.05) is 31.8 Å². The third-order valence-corrected chi connectivity index (χ3v) is 4.26. The van der Waals surface area contributed by atoms with E-state index in [-0.39, 0.29) is 35.7 Å². The van der Waals surface area contributed by atoms with Gasteiger partial charge in [-0.05, 0) is 30.9 Å². The Hall–Kier alpha value is -2.20. The number of guanidine groups is 1. The molecule has 0 aromatic heterocycles. The van der Waals surface area contributed by atoms with Gasteiger partial charge in [-0.2, -0.15) is 0 Å². The molecule has 1 atom stereocenters. The lowest BCUT2D eigenvalue weighted by atomic mass is 10.1. The van der Waals surface area contributed by atoms with Crippen LogP contribution in [0.4, 0.5) is 5.69 Å². The first-order valence-electron chi connectivity index (χ1n) is 9.39. The molecule has 0 aliphatic carbocycles. The summed E-state index contributed by atoms with van der Waals surface area (Å²) in [6, 6.07) is 17.1. The summed E-state index contributed by atoms with van der Waals surface area (Å²) < 4.78 is 5.09.